The molecular weight excluding hydrogens is 275 g/mol. The average molecular weight is 282 g/mol. The Hall–Kier alpha value is -0.0500. The maximum atomic E-state index is 11.0. The third-order valence-electron chi connectivity index (χ3n) is 1.59. The zero-order valence-corrected chi connectivity index (χ0v) is 9.95. The van der Waals surface area contributed by atoms with Gasteiger partial charge in [-0.3, -0.25) is 4.79 Å². The molecule has 0 amide bonds. The van der Waals surface area contributed by atoms with E-state index in [1.165, 1.54) is 6.92 Å². The van der Waals surface area contributed by atoms with E-state index in [0.717, 1.165) is 5.56 Å². The van der Waals surface area contributed by atoms with Gasteiger partial charge < -0.3 is 0 Å². The smallest absolute Gasteiger partial charge is 0.147 e. The molecule has 1 rings (SSSR count). The number of carbonyl (C=O) groups is 1. The number of carbonyl (C=O) groups excluding carboxylic acids is 1. The summed E-state index contributed by atoms with van der Waals surface area (Å²) in [5, 5.41) is 1.07. The van der Waals surface area contributed by atoms with Crippen LogP contribution in [0, 0.1) is 0 Å². The summed E-state index contributed by atoms with van der Waals surface area (Å²) >= 11 is 14.9. The zero-order valence-electron chi connectivity index (χ0n) is 6.85. The van der Waals surface area contributed by atoms with Gasteiger partial charge in [-0.25, -0.2) is 0 Å². The standard InChI is InChI=1S/C9H7BrCl2O/c1-5(13)9(10)7-3-2-6(11)4-8(7)12/h2-4,9H,1H3/t9-/m1/s1. The molecule has 0 heterocycles. The lowest BCUT2D eigenvalue weighted by atomic mass is 10.1. The zero-order chi connectivity index (χ0) is 10.0. The lowest BCUT2D eigenvalue weighted by Crippen LogP contribution is -2.01. The van der Waals surface area contributed by atoms with E-state index in [-0.39, 0.29) is 10.6 Å². The Morgan fingerprint density at radius 1 is 1.46 bits per heavy atom. The molecule has 0 aromatic heterocycles. The molecule has 0 radical (unpaired) electrons. The Morgan fingerprint density at radius 2 is 2.08 bits per heavy atom. The van der Waals surface area contributed by atoms with Crippen LogP contribution < -0.4 is 0 Å². The van der Waals surface area contributed by atoms with Crippen molar-refractivity contribution in [3.8, 4) is 0 Å². The van der Waals surface area contributed by atoms with Crippen LogP contribution in [0.4, 0.5) is 0 Å². The molecule has 0 saturated carbocycles. The Balaban J connectivity index is 3.08. The highest BCUT2D eigenvalue weighted by molar-refractivity contribution is 9.09. The van der Waals surface area contributed by atoms with Crippen molar-refractivity contribution in [3.05, 3.63) is 33.8 Å². The SMILES string of the molecule is CC(=O)[C@@H](Br)c1ccc(Cl)cc1Cl. The molecule has 70 valence electrons. The van der Waals surface area contributed by atoms with Crippen molar-refractivity contribution < 1.29 is 4.79 Å². The molecule has 0 spiro atoms. The summed E-state index contributed by atoms with van der Waals surface area (Å²) in [7, 11) is 0. The Labute approximate surface area is 95.2 Å². The number of alkyl halides is 1. The average Bonchev–Trinajstić information content (AvgIpc) is 2.03. The first-order valence-electron chi connectivity index (χ1n) is 3.62. The molecule has 0 fully saturated rings. The number of benzene rings is 1. The van der Waals surface area contributed by atoms with Crippen molar-refractivity contribution in [2.45, 2.75) is 11.8 Å². The van der Waals surface area contributed by atoms with Gasteiger partial charge in [0.2, 0.25) is 0 Å². The normalized spacial score (nSPS) is 12.6. The second kappa shape index (κ2) is 4.45. The van der Waals surface area contributed by atoms with Gasteiger partial charge in [-0.15, -0.1) is 0 Å². The molecule has 0 N–H and O–H groups in total. The van der Waals surface area contributed by atoms with Crippen LogP contribution in [0.15, 0.2) is 18.2 Å². The van der Waals surface area contributed by atoms with Gasteiger partial charge in [0.15, 0.2) is 0 Å². The first-order valence-corrected chi connectivity index (χ1v) is 5.29. The van der Waals surface area contributed by atoms with Gasteiger partial charge in [0, 0.05) is 10.0 Å². The predicted octanol–water partition coefficient (Wildman–Crippen LogP) is 4.02. The highest BCUT2D eigenvalue weighted by Gasteiger charge is 2.15. The first kappa shape index (κ1) is 11.0. The molecular formula is C9H7BrCl2O. The van der Waals surface area contributed by atoms with Gasteiger partial charge in [-0.1, -0.05) is 45.2 Å². The second-order valence-corrected chi connectivity index (χ2v) is 4.40. The highest BCUT2D eigenvalue weighted by Crippen LogP contribution is 2.31. The summed E-state index contributed by atoms with van der Waals surface area (Å²) in [5.41, 5.74) is 0.749. The second-order valence-electron chi connectivity index (χ2n) is 2.64. The molecule has 0 bridgehead atoms. The van der Waals surface area contributed by atoms with Crippen molar-refractivity contribution >= 4 is 44.9 Å². The van der Waals surface area contributed by atoms with E-state index in [1.807, 2.05) is 0 Å². The van der Waals surface area contributed by atoms with Crippen molar-refractivity contribution in [1.29, 1.82) is 0 Å². The van der Waals surface area contributed by atoms with Gasteiger partial charge in [0.1, 0.15) is 5.78 Å². The van der Waals surface area contributed by atoms with Gasteiger partial charge >= 0.3 is 0 Å². The van der Waals surface area contributed by atoms with Gasteiger partial charge in [-0.05, 0) is 24.6 Å². The van der Waals surface area contributed by atoms with E-state index in [2.05, 4.69) is 15.9 Å². The molecule has 13 heavy (non-hydrogen) atoms. The van der Waals surface area contributed by atoms with E-state index in [9.17, 15) is 4.79 Å². The molecule has 1 atom stereocenters. The van der Waals surface area contributed by atoms with E-state index in [4.69, 9.17) is 23.2 Å². The third kappa shape index (κ3) is 2.70. The van der Waals surface area contributed by atoms with Crippen molar-refractivity contribution in [2.24, 2.45) is 0 Å². The molecule has 0 aliphatic heterocycles. The van der Waals surface area contributed by atoms with E-state index < -0.39 is 0 Å². The largest absolute Gasteiger partial charge is 0.298 e. The molecule has 1 nitrogen and oxygen atoms in total. The van der Waals surface area contributed by atoms with Gasteiger partial charge in [-0.2, -0.15) is 0 Å². The van der Waals surface area contributed by atoms with Crippen LogP contribution in [0.5, 0.6) is 0 Å². The highest BCUT2D eigenvalue weighted by atomic mass is 79.9. The fourth-order valence-electron chi connectivity index (χ4n) is 0.926. The van der Waals surface area contributed by atoms with Crippen molar-refractivity contribution in [2.75, 3.05) is 0 Å². The summed E-state index contributed by atoms with van der Waals surface area (Å²) in [4.78, 5) is 10.7. The summed E-state index contributed by atoms with van der Waals surface area (Å²) in [5.74, 6) is 0.0178. The predicted molar refractivity (Wildman–Crippen MR) is 58.8 cm³/mol. The molecule has 0 unspecified atom stereocenters. The lowest BCUT2D eigenvalue weighted by molar-refractivity contribution is -0.116. The maximum absolute atomic E-state index is 11.0. The minimum Gasteiger partial charge on any atom is -0.298 e. The van der Waals surface area contributed by atoms with Crippen LogP contribution in [0.2, 0.25) is 10.0 Å². The van der Waals surface area contributed by atoms with Crippen LogP contribution in [0.3, 0.4) is 0 Å². The number of rotatable bonds is 2. The van der Waals surface area contributed by atoms with Crippen molar-refractivity contribution in [3.63, 3.8) is 0 Å². The molecule has 1 aromatic rings. The summed E-state index contributed by atoms with van der Waals surface area (Å²) in [6.45, 7) is 1.50. The quantitative estimate of drug-likeness (QED) is 0.749. The monoisotopic (exact) mass is 280 g/mol. The lowest BCUT2D eigenvalue weighted by Gasteiger charge is -2.08. The maximum Gasteiger partial charge on any atom is 0.147 e. The number of Topliss-reactive ketones (excluding diaryl/α,β-unsaturated/α-hetero) is 1. The minimum atomic E-state index is -0.350. The molecule has 0 saturated heterocycles. The van der Waals surface area contributed by atoms with E-state index in [1.54, 1.807) is 18.2 Å². The summed E-state index contributed by atoms with van der Waals surface area (Å²) in [6.07, 6.45) is 0. The molecule has 0 aliphatic rings. The topological polar surface area (TPSA) is 17.1 Å². The van der Waals surface area contributed by atoms with Gasteiger partial charge in [0.05, 0.1) is 4.83 Å². The van der Waals surface area contributed by atoms with Crippen LogP contribution in [-0.2, 0) is 4.79 Å². The van der Waals surface area contributed by atoms with Crippen molar-refractivity contribution in [1.82, 2.24) is 0 Å². The number of hydrogen-bond acceptors (Lipinski definition) is 1. The fourth-order valence-corrected chi connectivity index (χ4v) is 1.97. The third-order valence-corrected chi connectivity index (χ3v) is 3.29. The van der Waals surface area contributed by atoms with Crippen LogP contribution >= 0.6 is 39.1 Å². The van der Waals surface area contributed by atoms with E-state index in [0.29, 0.717) is 10.0 Å². The minimum absolute atomic E-state index is 0.0178. The fraction of sp³-hybridized carbons (Fsp3) is 0.222. The Kier molecular flexibility index (Phi) is 3.77. The summed E-state index contributed by atoms with van der Waals surface area (Å²) < 4.78 is 0. The van der Waals surface area contributed by atoms with Crippen LogP contribution in [-0.4, -0.2) is 5.78 Å². The Morgan fingerprint density at radius 3 is 2.54 bits per heavy atom. The van der Waals surface area contributed by atoms with Crippen LogP contribution in [0.25, 0.3) is 0 Å². The summed E-state index contributed by atoms with van der Waals surface area (Å²) in [6, 6.07) is 5.07. The van der Waals surface area contributed by atoms with Crippen LogP contribution in [0.1, 0.15) is 17.3 Å². The Bertz CT molecular complexity index is 338. The number of halogens is 3. The number of hydrogen-bond donors (Lipinski definition) is 0. The van der Waals surface area contributed by atoms with E-state index >= 15 is 0 Å². The molecule has 4 heteroatoms. The van der Waals surface area contributed by atoms with Gasteiger partial charge in [0.25, 0.3) is 0 Å². The molecule has 0 aliphatic carbocycles. The molecule has 1 aromatic carbocycles. The first-order chi connectivity index (χ1) is 6.02. The number of ketones is 1.